The Balaban J connectivity index is 5.18. The van der Waals surface area contributed by atoms with Gasteiger partial charge in [-0.25, -0.2) is 0 Å². The Bertz CT molecular complexity index is 231. The summed E-state index contributed by atoms with van der Waals surface area (Å²) in [5, 5.41) is 0. The van der Waals surface area contributed by atoms with Gasteiger partial charge in [-0.2, -0.15) is 0 Å². The number of nitrogens with two attached hydrogens (primary N) is 2. The predicted octanol–water partition coefficient (Wildman–Crippen LogP) is 3.11. The maximum Gasteiger partial charge on any atom is 0.0735 e. The lowest BCUT2D eigenvalue weighted by atomic mass is 9.66. The number of allylic oxidation sites excluding steroid dienone is 2. The Morgan fingerprint density at radius 2 is 1.38 bits per heavy atom. The van der Waals surface area contributed by atoms with Gasteiger partial charge in [-0.05, 0) is 25.7 Å². The molecule has 0 amide bonds. The highest BCUT2D eigenvalue weighted by molar-refractivity contribution is 5.06. The molecule has 0 aliphatic carbocycles. The van der Waals surface area contributed by atoms with Crippen molar-refractivity contribution in [2.45, 2.75) is 44.7 Å². The van der Waals surface area contributed by atoms with Crippen LogP contribution in [0.3, 0.4) is 0 Å². The van der Waals surface area contributed by atoms with E-state index in [1.54, 1.807) is 6.08 Å². The summed E-state index contributed by atoms with van der Waals surface area (Å²) in [5.74, 6) is 0. The van der Waals surface area contributed by atoms with Crippen LogP contribution in [0.5, 0.6) is 0 Å². The first-order chi connectivity index (χ1) is 7.49. The molecule has 0 rings (SSSR count). The van der Waals surface area contributed by atoms with E-state index in [9.17, 15) is 0 Å². The maximum atomic E-state index is 6.28. The zero-order chi connectivity index (χ0) is 12.7. The lowest BCUT2D eigenvalue weighted by Gasteiger charge is -2.45. The molecule has 0 radical (unpaired) electrons. The normalized spacial score (nSPS) is 12.2. The van der Waals surface area contributed by atoms with Crippen LogP contribution in [0.4, 0.5) is 0 Å². The number of hydrogen-bond donors (Lipinski definition) is 2. The fraction of sp³-hybridized carbons (Fsp3) is 0.571. The van der Waals surface area contributed by atoms with Crippen molar-refractivity contribution >= 4 is 0 Å². The summed E-state index contributed by atoms with van der Waals surface area (Å²) in [7, 11) is 0. The second-order valence-corrected chi connectivity index (χ2v) is 4.55. The van der Waals surface area contributed by atoms with Crippen LogP contribution in [0.2, 0.25) is 0 Å². The van der Waals surface area contributed by atoms with E-state index in [0.717, 1.165) is 25.7 Å². The number of hydrogen-bond acceptors (Lipinski definition) is 2. The van der Waals surface area contributed by atoms with E-state index < -0.39 is 5.66 Å². The van der Waals surface area contributed by atoms with Crippen molar-refractivity contribution < 1.29 is 0 Å². The van der Waals surface area contributed by atoms with Gasteiger partial charge in [0.05, 0.1) is 5.66 Å². The van der Waals surface area contributed by atoms with Gasteiger partial charge in [0.25, 0.3) is 0 Å². The van der Waals surface area contributed by atoms with Gasteiger partial charge < -0.3 is 11.5 Å². The minimum absolute atomic E-state index is 0.153. The molecule has 0 aromatic carbocycles. The fourth-order valence-electron chi connectivity index (χ4n) is 2.39. The molecule has 0 saturated heterocycles. The quantitative estimate of drug-likeness (QED) is 0.465. The molecule has 0 bridgehead atoms. The van der Waals surface area contributed by atoms with Crippen molar-refractivity contribution in [3.8, 4) is 0 Å². The van der Waals surface area contributed by atoms with Crippen molar-refractivity contribution in [2.24, 2.45) is 16.9 Å². The van der Waals surface area contributed by atoms with Crippen molar-refractivity contribution in [3.63, 3.8) is 0 Å². The Morgan fingerprint density at radius 3 is 1.69 bits per heavy atom. The van der Waals surface area contributed by atoms with E-state index >= 15 is 0 Å². The minimum Gasteiger partial charge on any atom is -0.313 e. The van der Waals surface area contributed by atoms with Crippen LogP contribution >= 0.6 is 0 Å². The molecular weight excluding hydrogens is 196 g/mol. The smallest absolute Gasteiger partial charge is 0.0735 e. The van der Waals surface area contributed by atoms with Crippen LogP contribution in [0, 0.1) is 5.41 Å². The molecule has 0 saturated carbocycles. The molecule has 0 aromatic rings. The Labute approximate surface area is 100 Å². The van der Waals surface area contributed by atoms with E-state index in [-0.39, 0.29) is 5.41 Å². The van der Waals surface area contributed by atoms with E-state index in [0.29, 0.717) is 6.42 Å². The molecule has 0 atom stereocenters. The molecule has 2 nitrogen and oxygen atoms in total. The van der Waals surface area contributed by atoms with Crippen molar-refractivity contribution in [2.75, 3.05) is 0 Å². The summed E-state index contributed by atoms with van der Waals surface area (Å²) in [6, 6.07) is 0. The molecule has 0 fully saturated rings. The molecule has 2 heteroatoms. The lowest BCUT2D eigenvalue weighted by Crippen LogP contribution is -2.62. The maximum absolute atomic E-state index is 6.28. The van der Waals surface area contributed by atoms with Crippen molar-refractivity contribution in [1.82, 2.24) is 0 Å². The topological polar surface area (TPSA) is 52.0 Å². The van der Waals surface area contributed by atoms with Gasteiger partial charge in [0, 0.05) is 5.41 Å². The molecule has 0 unspecified atom stereocenters. The third-order valence-corrected chi connectivity index (χ3v) is 3.27. The average Bonchev–Trinajstić information content (AvgIpc) is 2.18. The zero-order valence-electron chi connectivity index (χ0n) is 10.5. The molecule has 0 aromatic heterocycles. The van der Waals surface area contributed by atoms with Crippen molar-refractivity contribution in [3.05, 3.63) is 38.0 Å². The van der Waals surface area contributed by atoms with Crippen LogP contribution in [0.15, 0.2) is 38.0 Å². The van der Waals surface area contributed by atoms with E-state index in [2.05, 4.69) is 26.7 Å². The zero-order valence-corrected chi connectivity index (χ0v) is 10.5. The van der Waals surface area contributed by atoms with Gasteiger partial charge in [0.1, 0.15) is 0 Å². The lowest BCUT2D eigenvalue weighted by molar-refractivity contribution is 0.114. The molecule has 92 valence electrons. The fourth-order valence-corrected chi connectivity index (χ4v) is 2.39. The second kappa shape index (κ2) is 6.66. The summed E-state index contributed by atoms with van der Waals surface area (Å²) in [4.78, 5) is 0. The third-order valence-electron chi connectivity index (χ3n) is 3.27. The SMILES string of the molecule is C=CCC(N)(N)C(CC=C)(CC=C)CCC. The van der Waals surface area contributed by atoms with E-state index in [4.69, 9.17) is 11.5 Å². The van der Waals surface area contributed by atoms with Gasteiger partial charge in [0.2, 0.25) is 0 Å². The van der Waals surface area contributed by atoms with Crippen LogP contribution < -0.4 is 11.5 Å². The van der Waals surface area contributed by atoms with Gasteiger partial charge in [-0.1, -0.05) is 31.6 Å². The van der Waals surface area contributed by atoms with Crippen LogP contribution in [0.25, 0.3) is 0 Å². The summed E-state index contributed by atoms with van der Waals surface area (Å²) in [6.07, 6.45) is 9.85. The van der Waals surface area contributed by atoms with Gasteiger partial charge >= 0.3 is 0 Å². The molecule has 0 aliphatic rings. The molecule has 4 N–H and O–H groups in total. The van der Waals surface area contributed by atoms with Crippen LogP contribution in [0.1, 0.15) is 39.0 Å². The van der Waals surface area contributed by atoms with Gasteiger partial charge in [-0.3, -0.25) is 0 Å². The highest BCUT2D eigenvalue weighted by Crippen LogP contribution is 2.41. The third kappa shape index (κ3) is 3.32. The summed E-state index contributed by atoms with van der Waals surface area (Å²) in [5.41, 5.74) is 11.7. The first kappa shape index (κ1) is 15.1. The largest absolute Gasteiger partial charge is 0.313 e. The Morgan fingerprint density at radius 1 is 0.938 bits per heavy atom. The first-order valence-electron chi connectivity index (χ1n) is 5.90. The van der Waals surface area contributed by atoms with Crippen LogP contribution in [-0.4, -0.2) is 5.66 Å². The van der Waals surface area contributed by atoms with Gasteiger partial charge in [-0.15, -0.1) is 19.7 Å². The molecule has 0 spiro atoms. The minimum atomic E-state index is -0.743. The standard InChI is InChI=1S/C14H26N2/c1-5-9-13(10-6-2,11-7-3)14(15,16)12-8-4/h5-6,8H,1-2,4,7,9-12,15-16H2,3H3. The highest BCUT2D eigenvalue weighted by atomic mass is 15.0. The molecule has 16 heavy (non-hydrogen) atoms. The second-order valence-electron chi connectivity index (χ2n) is 4.55. The van der Waals surface area contributed by atoms with E-state index in [1.807, 2.05) is 12.2 Å². The Kier molecular flexibility index (Phi) is 6.31. The highest BCUT2D eigenvalue weighted by Gasteiger charge is 2.42. The van der Waals surface area contributed by atoms with Gasteiger partial charge in [0.15, 0.2) is 0 Å². The average molecular weight is 222 g/mol. The number of rotatable bonds is 9. The van der Waals surface area contributed by atoms with E-state index in [1.165, 1.54) is 0 Å². The summed E-state index contributed by atoms with van der Waals surface area (Å²) >= 11 is 0. The van der Waals surface area contributed by atoms with Crippen molar-refractivity contribution in [1.29, 1.82) is 0 Å². The van der Waals surface area contributed by atoms with Crippen LogP contribution in [-0.2, 0) is 0 Å². The predicted molar refractivity (Wildman–Crippen MR) is 72.9 cm³/mol. The Hall–Kier alpha value is -0.860. The first-order valence-corrected chi connectivity index (χ1v) is 5.90. The summed E-state index contributed by atoms with van der Waals surface area (Å²) < 4.78 is 0. The molecule has 0 aliphatic heterocycles. The molecule has 0 heterocycles. The summed E-state index contributed by atoms with van der Waals surface area (Å²) in [6.45, 7) is 13.5. The molecular formula is C14H26N2. The monoisotopic (exact) mass is 222 g/mol.